The lowest BCUT2D eigenvalue weighted by Gasteiger charge is -2.50. The first-order valence-electron chi connectivity index (χ1n) is 20.9. The number of imide groups is 1. The molecule has 0 spiro atoms. The quantitative estimate of drug-likeness (QED) is 0.0382. The lowest BCUT2D eigenvalue weighted by Crippen LogP contribution is -2.63. The molecule has 2 fully saturated rings. The summed E-state index contributed by atoms with van der Waals surface area (Å²) in [4.78, 5) is 93.3. The van der Waals surface area contributed by atoms with E-state index >= 15 is 0 Å². The molecular weight excluding hydrogens is 856 g/mol. The molecule has 2 aromatic rings. The SMILES string of the molecule is COc1cccc2c1C(=O)c1c(O)c3c(c(O)c1C2=O)C[C@@](O)(C(=O)NCCNC(=O)CCNC(=O)CN1C(=O)C=CC1=O)C[C@]3(N)O[C@H]1C[C@H](N2CCO[C@H](OC)C2)[C@H](OC)[C@H](C)O1. The smallest absolute Gasteiger partial charge is 0.254 e. The van der Waals surface area contributed by atoms with Crippen molar-refractivity contribution >= 4 is 41.1 Å². The highest BCUT2D eigenvalue weighted by Crippen LogP contribution is 2.53. The number of aliphatic hydroxyl groups is 1. The van der Waals surface area contributed by atoms with Crippen molar-refractivity contribution in [3.8, 4) is 17.2 Å². The Labute approximate surface area is 372 Å². The number of hydrogen-bond acceptors (Lipinski definition) is 18. The van der Waals surface area contributed by atoms with Crippen LogP contribution in [0.1, 0.15) is 69.2 Å². The molecule has 0 aromatic heterocycles. The van der Waals surface area contributed by atoms with E-state index in [4.69, 9.17) is 34.2 Å². The molecule has 350 valence electrons. The van der Waals surface area contributed by atoms with Crippen molar-refractivity contribution < 1.29 is 77.3 Å². The zero-order valence-corrected chi connectivity index (χ0v) is 36.2. The third-order valence-corrected chi connectivity index (χ3v) is 12.3. The molecule has 2 saturated heterocycles. The highest BCUT2D eigenvalue weighted by molar-refractivity contribution is 6.31. The number of phenols is 2. The number of carbonyl (C=O) groups excluding carboxylic acids is 7. The molecule has 65 heavy (non-hydrogen) atoms. The van der Waals surface area contributed by atoms with E-state index in [9.17, 15) is 48.9 Å². The lowest BCUT2D eigenvalue weighted by atomic mass is 9.70. The van der Waals surface area contributed by atoms with Crippen LogP contribution >= 0.6 is 0 Å². The molecule has 0 bridgehead atoms. The van der Waals surface area contributed by atoms with E-state index < -0.39 is 119 Å². The van der Waals surface area contributed by atoms with E-state index in [1.807, 2.05) is 0 Å². The Morgan fingerprint density at radius 3 is 2.28 bits per heavy atom. The Balaban J connectivity index is 1.12. The van der Waals surface area contributed by atoms with Gasteiger partial charge in [-0.3, -0.25) is 49.1 Å². The maximum absolute atomic E-state index is 14.2. The number of nitrogens with one attached hydrogen (secondary N) is 3. The normalized spacial score (nSPS) is 27.5. The number of hydrogen-bond donors (Lipinski definition) is 7. The number of methoxy groups -OCH3 is 3. The molecule has 3 aliphatic heterocycles. The van der Waals surface area contributed by atoms with E-state index in [-0.39, 0.29) is 66.5 Å². The van der Waals surface area contributed by atoms with Gasteiger partial charge in [-0.2, -0.15) is 0 Å². The lowest BCUT2D eigenvalue weighted by molar-refractivity contribution is -0.292. The number of benzene rings is 2. The van der Waals surface area contributed by atoms with Crippen LogP contribution in [-0.4, -0.2) is 170 Å². The number of phenolic OH excluding ortho intramolecular Hbond substituents is 2. The third-order valence-electron chi connectivity index (χ3n) is 12.3. The molecule has 0 radical (unpaired) electrons. The van der Waals surface area contributed by atoms with Crippen LogP contribution in [-0.2, 0) is 59.8 Å². The van der Waals surface area contributed by atoms with Gasteiger partial charge in [0.2, 0.25) is 17.6 Å². The molecule has 0 unspecified atom stereocenters. The van der Waals surface area contributed by atoms with Gasteiger partial charge >= 0.3 is 0 Å². The van der Waals surface area contributed by atoms with Gasteiger partial charge in [0.25, 0.3) is 17.7 Å². The maximum Gasteiger partial charge on any atom is 0.254 e. The van der Waals surface area contributed by atoms with Crippen LogP contribution in [0, 0.1) is 0 Å². The van der Waals surface area contributed by atoms with Crippen molar-refractivity contribution in [2.75, 3.05) is 67.2 Å². The van der Waals surface area contributed by atoms with Crippen molar-refractivity contribution in [3.63, 3.8) is 0 Å². The van der Waals surface area contributed by atoms with Gasteiger partial charge in [-0.1, -0.05) is 12.1 Å². The number of ketones is 2. The van der Waals surface area contributed by atoms with Crippen LogP contribution < -0.4 is 26.4 Å². The fraction of sp³-hybridized carbons (Fsp3) is 0.512. The van der Waals surface area contributed by atoms with Crippen LogP contribution in [0.2, 0.25) is 0 Å². The fourth-order valence-electron chi connectivity index (χ4n) is 9.21. The van der Waals surface area contributed by atoms with Crippen molar-refractivity contribution in [2.45, 2.75) is 74.8 Å². The number of ether oxygens (including phenoxy) is 6. The van der Waals surface area contributed by atoms with E-state index in [1.165, 1.54) is 32.4 Å². The Morgan fingerprint density at radius 1 is 0.892 bits per heavy atom. The van der Waals surface area contributed by atoms with Gasteiger partial charge in [-0.25, -0.2) is 0 Å². The zero-order chi connectivity index (χ0) is 47.0. The highest BCUT2D eigenvalue weighted by Gasteiger charge is 2.56. The van der Waals surface area contributed by atoms with E-state index in [1.54, 1.807) is 14.0 Å². The first kappa shape index (κ1) is 47.1. The first-order valence-corrected chi connectivity index (χ1v) is 20.9. The summed E-state index contributed by atoms with van der Waals surface area (Å²) in [5.41, 5.74) is 0.105. The molecule has 2 aliphatic carbocycles. The third kappa shape index (κ3) is 9.07. The maximum atomic E-state index is 14.2. The predicted molar refractivity (Wildman–Crippen MR) is 221 cm³/mol. The molecule has 7 rings (SSSR count). The zero-order valence-electron chi connectivity index (χ0n) is 36.2. The second-order valence-electron chi connectivity index (χ2n) is 16.3. The van der Waals surface area contributed by atoms with E-state index in [0.717, 1.165) is 17.1 Å². The summed E-state index contributed by atoms with van der Waals surface area (Å²) in [5, 5.41) is 43.9. The average molecular weight is 909 g/mol. The number of rotatable bonds is 15. The molecule has 3 heterocycles. The topological polar surface area (TPSA) is 304 Å². The second kappa shape index (κ2) is 18.9. The van der Waals surface area contributed by atoms with Gasteiger partial charge < -0.3 is 59.7 Å². The molecule has 8 N–H and O–H groups in total. The van der Waals surface area contributed by atoms with Crippen LogP contribution in [0.25, 0.3) is 0 Å². The Hall–Kier alpha value is -5.85. The summed E-state index contributed by atoms with van der Waals surface area (Å²) in [6.45, 7) is 1.99. The summed E-state index contributed by atoms with van der Waals surface area (Å²) in [6.07, 6.45) is -2.30. The monoisotopic (exact) mass is 908 g/mol. The molecule has 2 aromatic carbocycles. The molecule has 22 nitrogen and oxygen atoms in total. The number of fused-ring (bicyclic) bond motifs is 3. The summed E-state index contributed by atoms with van der Waals surface area (Å²) < 4.78 is 35.2. The van der Waals surface area contributed by atoms with E-state index in [0.29, 0.717) is 19.7 Å². The second-order valence-corrected chi connectivity index (χ2v) is 16.3. The Bertz CT molecular complexity index is 2300. The minimum Gasteiger partial charge on any atom is -0.507 e. The van der Waals surface area contributed by atoms with Crippen molar-refractivity contribution in [3.05, 3.63) is 63.7 Å². The number of carbonyl (C=O) groups is 7. The average Bonchev–Trinajstić information content (AvgIpc) is 3.59. The number of nitrogens with zero attached hydrogens (tertiary/aromatic N) is 2. The van der Waals surface area contributed by atoms with Gasteiger partial charge in [0, 0.05) is 108 Å². The Morgan fingerprint density at radius 2 is 1.58 bits per heavy atom. The Kier molecular flexibility index (Phi) is 13.7. The summed E-state index contributed by atoms with van der Waals surface area (Å²) in [5.74, 6) is -6.73. The van der Waals surface area contributed by atoms with Crippen LogP contribution in [0.5, 0.6) is 17.2 Å². The molecule has 7 atom stereocenters. The van der Waals surface area contributed by atoms with Gasteiger partial charge in [0.1, 0.15) is 23.8 Å². The van der Waals surface area contributed by atoms with Crippen molar-refractivity contribution in [1.29, 1.82) is 0 Å². The summed E-state index contributed by atoms with van der Waals surface area (Å²) in [7, 11) is 4.37. The predicted octanol–water partition coefficient (Wildman–Crippen LogP) is -1.83. The van der Waals surface area contributed by atoms with Crippen molar-refractivity contribution in [1.82, 2.24) is 25.8 Å². The van der Waals surface area contributed by atoms with Crippen LogP contribution in [0.3, 0.4) is 0 Å². The van der Waals surface area contributed by atoms with Gasteiger partial charge in [-0.05, 0) is 13.0 Å². The van der Waals surface area contributed by atoms with Crippen molar-refractivity contribution in [2.24, 2.45) is 5.73 Å². The standard InChI is InChI=1S/C43H52N6O16/c1-21-40(62-4)24(48-14-15-63-31(19-48)61-3)16-30(64-21)65-43(44)20-42(59,41(58)47-13-12-46-26(50)10-11-45-27(51)18-49-28(52)8-9-29(49)53)17-23-35(43)39(57)34-33(37(23)55)36(54)22-6-5-7-25(60-2)32(22)38(34)56/h5-9,21,24,30-31,40,55,57,59H,10-20,44H2,1-4H3,(H,45,51)(H,46,50)(H,47,58)/t21-,24-,30-,31-,40+,42-,43-/m0/s1. The number of amides is 5. The minimum atomic E-state index is -2.50. The molecule has 22 heteroatoms. The summed E-state index contributed by atoms with van der Waals surface area (Å²) in [6, 6.07) is 3.94. The molecule has 5 amide bonds. The van der Waals surface area contributed by atoms with Gasteiger partial charge in [-0.15, -0.1) is 0 Å². The number of aromatic hydroxyl groups is 2. The molecule has 5 aliphatic rings. The largest absolute Gasteiger partial charge is 0.507 e. The minimum absolute atomic E-state index is 0.0397. The van der Waals surface area contributed by atoms with Crippen LogP contribution in [0.15, 0.2) is 30.4 Å². The highest BCUT2D eigenvalue weighted by atomic mass is 16.7. The van der Waals surface area contributed by atoms with Crippen LogP contribution in [0.4, 0.5) is 0 Å². The van der Waals surface area contributed by atoms with Gasteiger partial charge in [0.15, 0.2) is 29.7 Å². The number of morpholine rings is 1. The molecular formula is C43H52N6O16. The molecule has 0 saturated carbocycles. The summed E-state index contributed by atoms with van der Waals surface area (Å²) >= 11 is 0. The first-order chi connectivity index (χ1) is 30.9. The number of nitrogens with two attached hydrogens (primary N) is 1. The van der Waals surface area contributed by atoms with E-state index in [2.05, 4.69) is 20.9 Å². The fourth-order valence-corrected chi connectivity index (χ4v) is 9.21. The van der Waals surface area contributed by atoms with Gasteiger partial charge in [0.05, 0.1) is 42.6 Å².